The van der Waals surface area contributed by atoms with E-state index in [1.165, 1.54) is 16.7 Å². The second-order valence-electron chi connectivity index (χ2n) is 4.71. The number of fused-ring (bicyclic) bond motifs is 1. The first-order valence-corrected chi connectivity index (χ1v) is 7.26. The molecule has 0 amide bonds. The normalized spacial score (nSPS) is 14.8. The predicted molar refractivity (Wildman–Crippen MR) is 80.7 cm³/mol. The van der Waals surface area contributed by atoms with E-state index in [1.807, 2.05) is 13.1 Å². The van der Waals surface area contributed by atoms with Gasteiger partial charge in [0.1, 0.15) is 5.75 Å². The SMILES string of the molecule is CNC(c1ccc2c(c1)CCO2)c1ccccc1Br. The molecule has 0 spiro atoms. The van der Waals surface area contributed by atoms with Gasteiger partial charge >= 0.3 is 0 Å². The minimum absolute atomic E-state index is 0.196. The van der Waals surface area contributed by atoms with Gasteiger partial charge in [-0.1, -0.05) is 46.3 Å². The molecule has 1 atom stereocenters. The summed E-state index contributed by atoms with van der Waals surface area (Å²) in [4.78, 5) is 0. The fraction of sp³-hybridized carbons (Fsp3) is 0.250. The maximum atomic E-state index is 5.57. The summed E-state index contributed by atoms with van der Waals surface area (Å²) in [6.07, 6.45) is 1.01. The third kappa shape index (κ3) is 2.40. The molecule has 2 aromatic carbocycles. The number of ether oxygens (including phenoxy) is 1. The first-order chi connectivity index (χ1) is 9.29. The van der Waals surface area contributed by atoms with E-state index in [0.29, 0.717) is 0 Å². The maximum absolute atomic E-state index is 5.57. The van der Waals surface area contributed by atoms with Crippen LogP contribution in [0.25, 0.3) is 0 Å². The Bertz CT molecular complexity index is 597. The Morgan fingerprint density at radius 3 is 2.84 bits per heavy atom. The van der Waals surface area contributed by atoms with Crippen LogP contribution in [0.1, 0.15) is 22.7 Å². The quantitative estimate of drug-likeness (QED) is 0.932. The monoisotopic (exact) mass is 317 g/mol. The van der Waals surface area contributed by atoms with E-state index in [0.717, 1.165) is 23.2 Å². The van der Waals surface area contributed by atoms with Gasteiger partial charge in [0, 0.05) is 10.9 Å². The molecule has 0 saturated heterocycles. The van der Waals surface area contributed by atoms with Crippen molar-refractivity contribution in [3.8, 4) is 5.75 Å². The molecule has 0 aliphatic carbocycles. The molecule has 0 bridgehead atoms. The average Bonchev–Trinajstić information content (AvgIpc) is 2.89. The summed E-state index contributed by atoms with van der Waals surface area (Å²) in [6, 6.07) is 15.0. The van der Waals surface area contributed by atoms with Crippen molar-refractivity contribution >= 4 is 15.9 Å². The van der Waals surface area contributed by atoms with Crippen molar-refractivity contribution in [1.82, 2.24) is 5.32 Å². The number of hydrogen-bond donors (Lipinski definition) is 1. The fourth-order valence-corrected chi connectivity index (χ4v) is 3.11. The zero-order valence-electron chi connectivity index (χ0n) is 10.8. The predicted octanol–water partition coefficient (Wildman–Crippen LogP) is 3.69. The smallest absolute Gasteiger partial charge is 0.122 e. The highest BCUT2D eigenvalue weighted by atomic mass is 79.9. The Morgan fingerprint density at radius 1 is 1.21 bits per heavy atom. The first kappa shape index (κ1) is 12.7. The molecule has 2 nitrogen and oxygen atoms in total. The van der Waals surface area contributed by atoms with Crippen LogP contribution in [0.3, 0.4) is 0 Å². The summed E-state index contributed by atoms with van der Waals surface area (Å²) in [5.74, 6) is 1.03. The Balaban J connectivity index is 2.01. The second kappa shape index (κ2) is 5.35. The van der Waals surface area contributed by atoms with Crippen LogP contribution in [0.5, 0.6) is 5.75 Å². The minimum atomic E-state index is 0.196. The van der Waals surface area contributed by atoms with Crippen molar-refractivity contribution in [1.29, 1.82) is 0 Å². The molecule has 0 fully saturated rings. The summed E-state index contributed by atoms with van der Waals surface area (Å²) in [6.45, 7) is 0.804. The zero-order valence-corrected chi connectivity index (χ0v) is 12.4. The van der Waals surface area contributed by atoms with Gasteiger partial charge in [0.15, 0.2) is 0 Å². The molecule has 0 saturated carbocycles. The summed E-state index contributed by atoms with van der Waals surface area (Å²) in [5, 5.41) is 3.40. The Hall–Kier alpha value is -1.32. The van der Waals surface area contributed by atoms with Crippen LogP contribution in [0.2, 0.25) is 0 Å². The van der Waals surface area contributed by atoms with E-state index >= 15 is 0 Å². The highest BCUT2D eigenvalue weighted by Crippen LogP contribution is 2.32. The van der Waals surface area contributed by atoms with Crippen LogP contribution in [0.15, 0.2) is 46.9 Å². The molecule has 98 valence electrons. The van der Waals surface area contributed by atoms with Gasteiger partial charge in [0.25, 0.3) is 0 Å². The minimum Gasteiger partial charge on any atom is -0.493 e. The van der Waals surface area contributed by atoms with Gasteiger partial charge < -0.3 is 10.1 Å². The number of benzene rings is 2. The number of rotatable bonds is 3. The van der Waals surface area contributed by atoms with Gasteiger partial charge in [-0.25, -0.2) is 0 Å². The summed E-state index contributed by atoms with van der Waals surface area (Å²) >= 11 is 3.63. The van der Waals surface area contributed by atoms with Crippen molar-refractivity contribution in [2.75, 3.05) is 13.7 Å². The lowest BCUT2D eigenvalue weighted by molar-refractivity contribution is 0.357. The highest BCUT2D eigenvalue weighted by molar-refractivity contribution is 9.10. The van der Waals surface area contributed by atoms with Gasteiger partial charge in [0.05, 0.1) is 12.6 Å². The lowest BCUT2D eigenvalue weighted by Crippen LogP contribution is -2.18. The molecule has 1 aliphatic heterocycles. The lowest BCUT2D eigenvalue weighted by Gasteiger charge is -2.19. The summed E-state index contributed by atoms with van der Waals surface area (Å²) in [5.41, 5.74) is 3.84. The molecule has 3 heteroatoms. The molecule has 2 aromatic rings. The molecular weight excluding hydrogens is 302 g/mol. The highest BCUT2D eigenvalue weighted by Gasteiger charge is 2.18. The van der Waals surface area contributed by atoms with E-state index < -0.39 is 0 Å². The van der Waals surface area contributed by atoms with Crippen molar-refractivity contribution in [2.24, 2.45) is 0 Å². The van der Waals surface area contributed by atoms with Crippen molar-refractivity contribution in [3.05, 3.63) is 63.6 Å². The van der Waals surface area contributed by atoms with E-state index in [1.54, 1.807) is 0 Å². The van der Waals surface area contributed by atoms with Crippen molar-refractivity contribution < 1.29 is 4.74 Å². The van der Waals surface area contributed by atoms with Crippen LogP contribution < -0.4 is 10.1 Å². The first-order valence-electron chi connectivity index (χ1n) is 6.47. The topological polar surface area (TPSA) is 21.3 Å². The maximum Gasteiger partial charge on any atom is 0.122 e. The van der Waals surface area contributed by atoms with Gasteiger partial charge in [-0.3, -0.25) is 0 Å². The molecular formula is C16H16BrNO. The third-order valence-corrected chi connectivity index (χ3v) is 4.27. The van der Waals surface area contributed by atoms with Gasteiger partial charge in [-0.2, -0.15) is 0 Å². The largest absolute Gasteiger partial charge is 0.493 e. The van der Waals surface area contributed by atoms with E-state index in [2.05, 4.69) is 57.6 Å². The molecule has 1 aliphatic rings. The average molecular weight is 318 g/mol. The molecule has 3 rings (SSSR count). The Morgan fingerprint density at radius 2 is 2.05 bits per heavy atom. The van der Waals surface area contributed by atoms with Crippen LogP contribution in [-0.4, -0.2) is 13.7 Å². The van der Waals surface area contributed by atoms with Crippen molar-refractivity contribution in [2.45, 2.75) is 12.5 Å². The Kier molecular flexibility index (Phi) is 3.58. The van der Waals surface area contributed by atoms with E-state index in [-0.39, 0.29) is 6.04 Å². The number of halogens is 1. The molecule has 1 heterocycles. The van der Waals surface area contributed by atoms with Gasteiger partial charge in [0.2, 0.25) is 0 Å². The molecule has 0 radical (unpaired) electrons. The summed E-state index contributed by atoms with van der Waals surface area (Å²) in [7, 11) is 1.99. The van der Waals surface area contributed by atoms with Gasteiger partial charge in [-0.05, 0) is 35.9 Å². The molecule has 19 heavy (non-hydrogen) atoms. The standard InChI is InChI=1S/C16H16BrNO/c1-18-16(13-4-2-3-5-14(13)17)12-6-7-15-11(10-12)8-9-19-15/h2-7,10,16,18H,8-9H2,1H3. The Labute approximate surface area is 121 Å². The second-order valence-corrected chi connectivity index (χ2v) is 5.56. The molecule has 1 N–H and O–H groups in total. The number of nitrogens with one attached hydrogen (secondary N) is 1. The van der Waals surface area contributed by atoms with Gasteiger partial charge in [-0.15, -0.1) is 0 Å². The zero-order chi connectivity index (χ0) is 13.2. The van der Waals surface area contributed by atoms with Crippen molar-refractivity contribution in [3.63, 3.8) is 0 Å². The summed E-state index contributed by atoms with van der Waals surface area (Å²) < 4.78 is 6.70. The molecule has 1 unspecified atom stereocenters. The fourth-order valence-electron chi connectivity index (χ4n) is 2.60. The van der Waals surface area contributed by atoms with Crippen LogP contribution in [0, 0.1) is 0 Å². The van der Waals surface area contributed by atoms with E-state index in [9.17, 15) is 0 Å². The van der Waals surface area contributed by atoms with Crippen LogP contribution >= 0.6 is 15.9 Å². The van der Waals surface area contributed by atoms with Crippen LogP contribution in [0.4, 0.5) is 0 Å². The van der Waals surface area contributed by atoms with E-state index in [4.69, 9.17) is 4.74 Å². The molecule has 0 aromatic heterocycles. The third-order valence-electron chi connectivity index (χ3n) is 3.55. The lowest BCUT2D eigenvalue weighted by atomic mass is 9.96. The van der Waals surface area contributed by atoms with Crippen LogP contribution in [-0.2, 0) is 6.42 Å². The number of hydrogen-bond acceptors (Lipinski definition) is 2.